The topological polar surface area (TPSA) is 139 Å². The van der Waals surface area contributed by atoms with Gasteiger partial charge in [0, 0.05) is 24.2 Å². The van der Waals surface area contributed by atoms with Crippen molar-refractivity contribution in [2.45, 2.75) is 50.6 Å². The van der Waals surface area contributed by atoms with Crippen molar-refractivity contribution in [1.82, 2.24) is 19.5 Å². The zero-order chi connectivity index (χ0) is 22.2. The van der Waals surface area contributed by atoms with Crippen LogP contribution in [-0.4, -0.2) is 43.2 Å². The smallest absolute Gasteiger partial charge is 0.326 e. The maximum atomic E-state index is 12.8. The number of aliphatic carboxylic acids is 1. The number of aromatic nitrogens is 4. The first-order valence-electron chi connectivity index (χ1n) is 10.9. The van der Waals surface area contributed by atoms with Crippen molar-refractivity contribution >= 4 is 40.1 Å². The van der Waals surface area contributed by atoms with Gasteiger partial charge in [0.15, 0.2) is 0 Å². The van der Waals surface area contributed by atoms with Crippen LogP contribution in [0.1, 0.15) is 44.6 Å². The van der Waals surface area contributed by atoms with Crippen LogP contribution in [0.3, 0.4) is 0 Å². The Hall–Kier alpha value is -3.69. The van der Waals surface area contributed by atoms with Crippen LogP contribution in [0.25, 0.3) is 11.0 Å². The molecule has 2 aliphatic rings. The lowest BCUT2D eigenvalue weighted by Gasteiger charge is -2.23. The van der Waals surface area contributed by atoms with E-state index in [2.05, 4.69) is 20.3 Å². The predicted octanol–water partition coefficient (Wildman–Crippen LogP) is 2.68. The van der Waals surface area contributed by atoms with Gasteiger partial charge in [0.1, 0.15) is 17.5 Å². The fraction of sp³-hybridized carbons (Fsp3) is 0.409. The van der Waals surface area contributed by atoms with Crippen LogP contribution >= 0.6 is 0 Å². The molecule has 1 atom stereocenters. The van der Waals surface area contributed by atoms with E-state index in [0.717, 1.165) is 43.2 Å². The standard InChI is InChI=1S/C22H25N7O3/c23-16-10-13-11-25-22(27-19(13)29(20(16)30)14-4-1-2-5-14)26-18-8-7-15(12-24-18)28-9-3-6-17(28)21(31)32/h7-8,10-12,14,17H,1-6,9,23H2,(H,31,32)(H,24,25,26,27)/t17-/m0/s1. The molecular weight excluding hydrogens is 410 g/mol. The summed E-state index contributed by atoms with van der Waals surface area (Å²) in [6.45, 7) is 0.695. The van der Waals surface area contributed by atoms with Gasteiger partial charge in [-0.3, -0.25) is 9.36 Å². The van der Waals surface area contributed by atoms with Gasteiger partial charge in [-0.1, -0.05) is 12.8 Å². The number of anilines is 4. The van der Waals surface area contributed by atoms with E-state index in [1.807, 2.05) is 11.0 Å². The molecule has 166 valence electrons. The van der Waals surface area contributed by atoms with Gasteiger partial charge in [-0.15, -0.1) is 0 Å². The second-order valence-electron chi connectivity index (χ2n) is 8.40. The Morgan fingerprint density at radius 1 is 1.12 bits per heavy atom. The number of carboxylic acid groups (broad SMARTS) is 1. The van der Waals surface area contributed by atoms with Gasteiger partial charge >= 0.3 is 5.97 Å². The normalized spacial score (nSPS) is 19.0. The summed E-state index contributed by atoms with van der Waals surface area (Å²) in [6.07, 6.45) is 8.81. The molecule has 1 saturated carbocycles. The molecule has 0 aromatic carbocycles. The minimum atomic E-state index is -0.816. The second kappa shape index (κ2) is 8.10. The number of fused-ring (bicyclic) bond motifs is 1. The van der Waals surface area contributed by atoms with Gasteiger partial charge in [0.2, 0.25) is 5.95 Å². The third-order valence-corrected chi connectivity index (χ3v) is 6.35. The highest BCUT2D eigenvalue weighted by Crippen LogP contribution is 2.31. The van der Waals surface area contributed by atoms with Crippen molar-refractivity contribution < 1.29 is 9.90 Å². The fourth-order valence-corrected chi connectivity index (χ4v) is 4.78. The van der Waals surface area contributed by atoms with E-state index in [1.165, 1.54) is 0 Å². The van der Waals surface area contributed by atoms with Gasteiger partial charge in [-0.2, -0.15) is 4.98 Å². The number of carbonyl (C=O) groups is 1. The molecule has 0 radical (unpaired) electrons. The molecule has 0 spiro atoms. The summed E-state index contributed by atoms with van der Waals surface area (Å²) in [5, 5.41) is 13.2. The molecule has 32 heavy (non-hydrogen) atoms. The lowest BCUT2D eigenvalue weighted by molar-refractivity contribution is -0.138. The van der Waals surface area contributed by atoms with Crippen LogP contribution in [0.4, 0.5) is 23.1 Å². The van der Waals surface area contributed by atoms with Crippen molar-refractivity contribution in [3.8, 4) is 0 Å². The third kappa shape index (κ3) is 3.61. The highest BCUT2D eigenvalue weighted by Gasteiger charge is 2.30. The highest BCUT2D eigenvalue weighted by atomic mass is 16.4. The van der Waals surface area contributed by atoms with E-state index in [0.29, 0.717) is 30.4 Å². The second-order valence-corrected chi connectivity index (χ2v) is 8.40. The summed E-state index contributed by atoms with van der Waals surface area (Å²) >= 11 is 0. The van der Waals surface area contributed by atoms with Crippen molar-refractivity contribution in [1.29, 1.82) is 0 Å². The van der Waals surface area contributed by atoms with Crippen LogP contribution < -0.4 is 21.5 Å². The van der Waals surface area contributed by atoms with Gasteiger partial charge in [-0.25, -0.2) is 14.8 Å². The Morgan fingerprint density at radius 3 is 2.66 bits per heavy atom. The summed E-state index contributed by atoms with van der Waals surface area (Å²) < 4.78 is 1.71. The summed E-state index contributed by atoms with van der Waals surface area (Å²) in [5.41, 5.74) is 7.27. The van der Waals surface area contributed by atoms with Crippen molar-refractivity contribution in [2.24, 2.45) is 0 Å². The van der Waals surface area contributed by atoms with Crippen LogP contribution in [-0.2, 0) is 4.79 Å². The first-order chi connectivity index (χ1) is 15.5. The van der Waals surface area contributed by atoms with Gasteiger partial charge in [0.05, 0.1) is 17.6 Å². The number of hydrogen-bond donors (Lipinski definition) is 3. The average Bonchev–Trinajstić information content (AvgIpc) is 3.48. The predicted molar refractivity (Wildman–Crippen MR) is 121 cm³/mol. The summed E-state index contributed by atoms with van der Waals surface area (Å²) in [7, 11) is 0. The lowest BCUT2D eigenvalue weighted by Crippen LogP contribution is -2.35. The minimum absolute atomic E-state index is 0.0938. The number of nitrogens with two attached hydrogens (primary N) is 1. The summed E-state index contributed by atoms with van der Waals surface area (Å²) in [4.78, 5) is 39.5. The number of nitrogens with one attached hydrogen (secondary N) is 1. The van der Waals surface area contributed by atoms with E-state index in [4.69, 9.17) is 5.73 Å². The van der Waals surface area contributed by atoms with Crippen molar-refractivity contribution in [3.63, 3.8) is 0 Å². The molecule has 4 N–H and O–H groups in total. The average molecular weight is 435 g/mol. The Bertz CT molecular complexity index is 1220. The Labute approximate surface area is 184 Å². The molecule has 1 aliphatic carbocycles. The zero-order valence-electron chi connectivity index (χ0n) is 17.6. The maximum Gasteiger partial charge on any atom is 0.326 e. The van der Waals surface area contributed by atoms with Crippen LogP contribution in [0, 0.1) is 0 Å². The van der Waals surface area contributed by atoms with Crippen LogP contribution in [0.5, 0.6) is 0 Å². The Morgan fingerprint density at radius 2 is 1.94 bits per heavy atom. The van der Waals surface area contributed by atoms with E-state index in [9.17, 15) is 14.7 Å². The molecule has 4 heterocycles. The molecular formula is C22H25N7O3. The molecule has 3 aromatic rings. The molecule has 2 fully saturated rings. The monoisotopic (exact) mass is 435 g/mol. The van der Waals surface area contributed by atoms with Crippen molar-refractivity contribution in [2.75, 3.05) is 22.5 Å². The highest BCUT2D eigenvalue weighted by molar-refractivity contribution is 5.80. The number of hydrogen-bond acceptors (Lipinski definition) is 8. The summed E-state index contributed by atoms with van der Waals surface area (Å²) in [5.74, 6) is 0.0471. The molecule has 0 unspecified atom stereocenters. The zero-order valence-corrected chi connectivity index (χ0v) is 17.6. The van der Waals surface area contributed by atoms with Crippen LogP contribution in [0.2, 0.25) is 0 Å². The molecule has 0 bridgehead atoms. The lowest BCUT2D eigenvalue weighted by atomic mass is 10.2. The van der Waals surface area contributed by atoms with Gasteiger partial charge in [0.25, 0.3) is 5.56 Å². The van der Waals surface area contributed by atoms with Gasteiger partial charge in [-0.05, 0) is 43.9 Å². The first-order valence-corrected chi connectivity index (χ1v) is 10.9. The van der Waals surface area contributed by atoms with E-state index in [-0.39, 0.29) is 17.3 Å². The molecule has 3 aromatic heterocycles. The largest absolute Gasteiger partial charge is 0.480 e. The number of carboxylic acids is 1. The number of nitrogens with zero attached hydrogens (tertiary/aromatic N) is 5. The molecule has 1 aliphatic heterocycles. The third-order valence-electron chi connectivity index (χ3n) is 6.35. The molecule has 5 rings (SSSR count). The molecule has 10 nitrogen and oxygen atoms in total. The minimum Gasteiger partial charge on any atom is -0.480 e. The number of rotatable bonds is 5. The van der Waals surface area contributed by atoms with E-state index >= 15 is 0 Å². The quantitative estimate of drug-likeness (QED) is 0.552. The summed E-state index contributed by atoms with van der Waals surface area (Å²) in [6, 6.07) is 4.81. The van der Waals surface area contributed by atoms with Gasteiger partial charge < -0.3 is 21.1 Å². The molecule has 0 amide bonds. The molecule has 10 heteroatoms. The van der Waals surface area contributed by atoms with Crippen molar-refractivity contribution in [3.05, 3.63) is 40.9 Å². The first kappa shape index (κ1) is 20.2. The Kier molecular flexibility index (Phi) is 5.12. The maximum absolute atomic E-state index is 12.8. The molecule has 1 saturated heterocycles. The fourth-order valence-electron chi connectivity index (χ4n) is 4.78. The van der Waals surface area contributed by atoms with E-state index < -0.39 is 12.0 Å². The van der Waals surface area contributed by atoms with Crippen LogP contribution in [0.15, 0.2) is 35.4 Å². The number of nitrogen functional groups attached to an aromatic ring is 1. The Balaban J connectivity index is 1.43. The van der Waals surface area contributed by atoms with E-state index in [1.54, 1.807) is 29.1 Å². The number of pyridine rings is 2. The SMILES string of the molecule is Nc1cc2cnc(Nc3ccc(N4CCC[C@H]4C(=O)O)cn3)nc2n(C2CCCC2)c1=O.